The van der Waals surface area contributed by atoms with Crippen LogP contribution in [0.3, 0.4) is 0 Å². The van der Waals surface area contributed by atoms with Crippen molar-refractivity contribution in [3.63, 3.8) is 0 Å². The van der Waals surface area contributed by atoms with E-state index in [1.54, 1.807) is 6.92 Å². The predicted molar refractivity (Wildman–Crippen MR) is 96.6 cm³/mol. The van der Waals surface area contributed by atoms with Gasteiger partial charge in [0, 0.05) is 18.5 Å². The first-order chi connectivity index (χ1) is 12.3. The summed E-state index contributed by atoms with van der Waals surface area (Å²) in [7, 11) is -3.79. The van der Waals surface area contributed by atoms with Gasteiger partial charge in [0.2, 0.25) is 10.0 Å². The number of hydrogen-bond donors (Lipinski definition) is 2. The highest BCUT2D eigenvalue weighted by Crippen LogP contribution is 2.17. The average molecular weight is 374 g/mol. The van der Waals surface area contributed by atoms with Crippen LogP contribution in [0.4, 0.5) is 4.39 Å². The smallest absolute Gasteiger partial charge is 0.240 e. The third-order valence-corrected chi connectivity index (χ3v) is 5.54. The van der Waals surface area contributed by atoms with Gasteiger partial charge < -0.3 is 0 Å². The first-order valence-corrected chi connectivity index (χ1v) is 9.57. The first-order valence-electron chi connectivity index (χ1n) is 8.09. The second-order valence-corrected chi connectivity index (χ2v) is 7.76. The zero-order chi connectivity index (χ0) is 18.7. The second-order valence-electron chi connectivity index (χ2n) is 6.03. The maximum absolute atomic E-state index is 13.3. The number of sulfonamides is 1. The fourth-order valence-electron chi connectivity index (χ4n) is 2.48. The summed E-state index contributed by atoms with van der Waals surface area (Å²) >= 11 is 0. The van der Waals surface area contributed by atoms with Crippen molar-refractivity contribution in [3.8, 4) is 11.4 Å². The molecule has 0 aliphatic carbocycles. The van der Waals surface area contributed by atoms with Gasteiger partial charge in [-0.15, -0.1) is 0 Å². The van der Waals surface area contributed by atoms with Crippen LogP contribution in [0.1, 0.15) is 17.0 Å². The molecule has 8 heteroatoms. The Kier molecular flexibility index (Phi) is 5.15. The van der Waals surface area contributed by atoms with Crippen molar-refractivity contribution < 1.29 is 12.8 Å². The number of halogens is 1. The minimum absolute atomic E-state index is 0.0598. The molecule has 0 saturated carbocycles. The monoisotopic (exact) mass is 374 g/mol. The molecule has 0 aliphatic rings. The fraction of sp³-hybridized carbons (Fsp3) is 0.222. The number of nitrogens with one attached hydrogen (secondary N) is 2. The summed E-state index contributed by atoms with van der Waals surface area (Å²) in [5.41, 5.74) is 2.51. The molecule has 0 spiro atoms. The van der Waals surface area contributed by atoms with E-state index in [0.717, 1.165) is 17.2 Å². The molecule has 1 heterocycles. The largest absolute Gasteiger partial charge is 0.263 e. The van der Waals surface area contributed by atoms with E-state index in [2.05, 4.69) is 19.9 Å². The number of H-pyrrole nitrogens is 1. The van der Waals surface area contributed by atoms with Gasteiger partial charge in [-0.25, -0.2) is 22.5 Å². The lowest BCUT2D eigenvalue weighted by Crippen LogP contribution is -2.27. The highest BCUT2D eigenvalue weighted by atomic mass is 32.2. The molecule has 0 unspecified atom stereocenters. The molecular formula is C18H19FN4O2S. The predicted octanol–water partition coefficient (Wildman–Crippen LogP) is 2.75. The summed E-state index contributed by atoms with van der Waals surface area (Å²) in [5.74, 6) is 0.539. The van der Waals surface area contributed by atoms with Crippen LogP contribution in [-0.2, 0) is 16.4 Å². The van der Waals surface area contributed by atoms with Gasteiger partial charge in [0.05, 0.1) is 4.90 Å². The molecule has 0 bridgehead atoms. The summed E-state index contributed by atoms with van der Waals surface area (Å²) in [6.45, 7) is 3.75. The Morgan fingerprint density at radius 1 is 1.12 bits per heavy atom. The maximum atomic E-state index is 13.3. The quantitative estimate of drug-likeness (QED) is 0.694. The summed E-state index contributed by atoms with van der Waals surface area (Å²) in [5, 5.41) is 6.96. The van der Waals surface area contributed by atoms with E-state index in [-0.39, 0.29) is 11.4 Å². The van der Waals surface area contributed by atoms with Crippen molar-refractivity contribution in [3.05, 3.63) is 65.2 Å². The maximum Gasteiger partial charge on any atom is 0.240 e. The van der Waals surface area contributed by atoms with Crippen molar-refractivity contribution >= 4 is 10.0 Å². The summed E-state index contributed by atoms with van der Waals surface area (Å²) in [6, 6.07) is 11.5. The minimum atomic E-state index is -3.79. The van der Waals surface area contributed by atoms with Crippen LogP contribution >= 0.6 is 0 Å². The first kappa shape index (κ1) is 18.2. The van der Waals surface area contributed by atoms with Gasteiger partial charge in [-0.1, -0.05) is 35.9 Å². The molecule has 0 saturated heterocycles. The Bertz CT molecular complexity index is 1010. The van der Waals surface area contributed by atoms with E-state index >= 15 is 0 Å². The van der Waals surface area contributed by atoms with Crippen LogP contribution in [-0.4, -0.2) is 30.1 Å². The van der Waals surface area contributed by atoms with Gasteiger partial charge in [-0.3, -0.25) is 5.10 Å². The highest BCUT2D eigenvalue weighted by molar-refractivity contribution is 7.89. The lowest BCUT2D eigenvalue weighted by molar-refractivity contribution is 0.576. The van der Waals surface area contributed by atoms with Crippen LogP contribution in [0.15, 0.2) is 47.4 Å². The van der Waals surface area contributed by atoms with Crippen LogP contribution in [0, 0.1) is 19.7 Å². The molecule has 0 aliphatic heterocycles. The van der Waals surface area contributed by atoms with E-state index in [0.29, 0.717) is 23.6 Å². The fourth-order valence-corrected chi connectivity index (χ4v) is 3.77. The van der Waals surface area contributed by atoms with E-state index < -0.39 is 15.8 Å². The topological polar surface area (TPSA) is 87.7 Å². The van der Waals surface area contributed by atoms with Crippen LogP contribution in [0.2, 0.25) is 0 Å². The molecule has 6 nitrogen and oxygen atoms in total. The standard InChI is InChI=1S/C18H19FN4O2S/c1-12-3-6-14(7-4-12)18-21-17(22-23-18)9-10-20-26(24,25)16-11-15(19)8-5-13(16)2/h3-8,11,20H,9-10H2,1-2H3,(H,21,22,23). The zero-order valence-corrected chi connectivity index (χ0v) is 15.3. The average Bonchev–Trinajstić information content (AvgIpc) is 3.06. The number of aromatic nitrogens is 3. The number of aryl methyl sites for hydroxylation is 2. The number of aromatic amines is 1. The Morgan fingerprint density at radius 3 is 2.58 bits per heavy atom. The molecule has 2 N–H and O–H groups in total. The molecule has 1 aromatic heterocycles. The minimum Gasteiger partial charge on any atom is -0.263 e. The lowest BCUT2D eigenvalue weighted by Gasteiger charge is -2.08. The van der Waals surface area contributed by atoms with Crippen molar-refractivity contribution in [1.29, 1.82) is 0 Å². The van der Waals surface area contributed by atoms with Gasteiger partial charge in [-0.05, 0) is 31.5 Å². The van der Waals surface area contributed by atoms with Gasteiger partial charge in [0.15, 0.2) is 5.82 Å². The number of nitrogens with zero attached hydrogens (tertiary/aromatic N) is 2. The molecule has 136 valence electrons. The number of benzene rings is 2. The van der Waals surface area contributed by atoms with Crippen molar-refractivity contribution in [2.24, 2.45) is 0 Å². The Balaban J connectivity index is 1.65. The Labute approximate surface area is 151 Å². The highest BCUT2D eigenvalue weighted by Gasteiger charge is 2.17. The van der Waals surface area contributed by atoms with Crippen LogP contribution in [0.25, 0.3) is 11.4 Å². The molecular weight excluding hydrogens is 355 g/mol. The van der Waals surface area contributed by atoms with Crippen molar-refractivity contribution in [2.45, 2.75) is 25.2 Å². The van der Waals surface area contributed by atoms with Gasteiger partial charge in [0.25, 0.3) is 0 Å². The molecule has 2 aromatic carbocycles. The van der Waals surface area contributed by atoms with E-state index in [4.69, 9.17) is 0 Å². The molecule has 0 amide bonds. The number of hydrogen-bond acceptors (Lipinski definition) is 4. The summed E-state index contributed by atoms with van der Waals surface area (Å²) in [6.07, 6.45) is 0.340. The molecule has 26 heavy (non-hydrogen) atoms. The molecule has 3 aromatic rings. The third kappa shape index (κ3) is 4.14. The van der Waals surface area contributed by atoms with Crippen molar-refractivity contribution in [2.75, 3.05) is 6.54 Å². The van der Waals surface area contributed by atoms with Gasteiger partial charge in [-0.2, -0.15) is 5.10 Å². The second kappa shape index (κ2) is 7.35. The normalized spacial score (nSPS) is 11.7. The van der Waals surface area contributed by atoms with Gasteiger partial charge in [0.1, 0.15) is 11.6 Å². The summed E-state index contributed by atoms with van der Waals surface area (Å²) < 4.78 is 40.5. The summed E-state index contributed by atoms with van der Waals surface area (Å²) in [4.78, 5) is 4.31. The SMILES string of the molecule is Cc1ccc(-c2n[nH]c(CCNS(=O)(=O)c3cc(F)ccc3C)n2)cc1. The van der Waals surface area contributed by atoms with E-state index in [9.17, 15) is 12.8 Å². The lowest BCUT2D eigenvalue weighted by atomic mass is 10.1. The third-order valence-electron chi connectivity index (χ3n) is 3.94. The van der Waals surface area contributed by atoms with Crippen molar-refractivity contribution in [1.82, 2.24) is 19.9 Å². The molecule has 3 rings (SSSR count). The zero-order valence-electron chi connectivity index (χ0n) is 14.5. The molecule has 0 fully saturated rings. The van der Waals surface area contributed by atoms with Crippen LogP contribution in [0.5, 0.6) is 0 Å². The van der Waals surface area contributed by atoms with E-state index in [1.807, 2.05) is 31.2 Å². The Hall–Kier alpha value is -2.58. The van der Waals surface area contributed by atoms with E-state index in [1.165, 1.54) is 12.1 Å². The Morgan fingerprint density at radius 2 is 1.85 bits per heavy atom. The molecule has 0 radical (unpaired) electrons. The molecule has 0 atom stereocenters. The van der Waals surface area contributed by atoms with Crippen LogP contribution < -0.4 is 4.72 Å². The number of rotatable bonds is 6. The van der Waals surface area contributed by atoms with Gasteiger partial charge >= 0.3 is 0 Å².